The monoisotopic (exact) mass is 186 g/mol. The molecular weight excluding hydrogens is 171 g/mol. The van der Waals surface area contributed by atoms with Gasteiger partial charge in [-0.25, -0.2) is 0 Å². The fraction of sp³-hybridized carbons (Fsp3) is 0.417. The van der Waals surface area contributed by atoms with Crippen molar-refractivity contribution in [3.8, 4) is 0 Å². The van der Waals surface area contributed by atoms with E-state index >= 15 is 0 Å². The molecule has 0 heterocycles. The van der Waals surface area contributed by atoms with Gasteiger partial charge < -0.3 is 0 Å². The van der Waals surface area contributed by atoms with E-state index in [0.29, 0.717) is 5.78 Å². The number of ketones is 1. The first-order chi connectivity index (χ1) is 6.72. The third kappa shape index (κ3) is 1.61. The molecule has 2 rings (SSSR count). The Bertz CT molecular complexity index is 325. The fourth-order valence-corrected chi connectivity index (χ4v) is 2.32. The molecule has 0 aliphatic heterocycles. The summed E-state index contributed by atoms with van der Waals surface area (Å²) in [6, 6.07) is 9.67. The maximum Gasteiger partial charge on any atom is 0.161 e. The lowest BCUT2D eigenvalue weighted by Crippen LogP contribution is -2.20. The summed E-state index contributed by atoms with van der Waals surface area (Å²) in [5.41, 5.74) is 0.872. The van der Waals surface area contributed by atoms with Crippen molar-refractivity contribution in [1.82, 2.24) is 0 Å². The highest BCUT2D eigenvalue weighted by atomic mass is 16.1. The lowest BCUT2D eigenvalue weighted by molar-refractivity contribution is 0.0935. The minimum atomic E-state index is -0.0820. The number of carbonyl (C=O) groups is 1. The first-order valence-corrected chi connectivity index (χ1v) is 5.32. The van der Waals surface area contributed by atoms with Crippen molar-refractivity contribution in [2.24, 2.45) is 0 Å². The Kier molecular flexibility index (Phi) is 2.45. The summed E-state index contributed by atoms with van der Waals surface area (Å²) >= 11 is 0. The number of benzene rings is 1. The predicted molar refractivity (Wildman–Crippen MR) is 60.5 cm³/mol. The van der Waals surface area contributed by atoms with Crippen molar-refractivity contribution < 1.29 is 4.79 Å². The van der Waals surface area contributed by atoms with Gasteiger partial charge in [-0.2, -0.15) is 0 Å². The molecular formula is C12H15BO. The van der Waals surface area contributed by atoms with Crippen LogP contribution >= 0.6 is 0 Å². The van der Waals surface area contributed by atoms with Crippen LogP contribution in [0.5, 0.6) is 0 Å². The molecule has 1 aromatic carbocycles. The standard InChI is InChI=1S/C12H15BO/c13-12(8-4-5-9-12)11(14)10-6-2-1-3-7-10/h1-3,6-7H,4-5,8-9,13H2. The zero-order chi connectivity index (χ0) is 10.0. The van der Waals surface area contributed by atoms with E-state index in [1.165, 1.54) is 12.8 Å². The van der Waals surface area contributed by atoms with Crippen LogP contribution in [-0.2, 0) is 0 Å². The molecule has 0 radical (unpaired) electrons. The summed E-state index contributed by atoms with van der Waals surface area (Å²) < 4.78 is 0. The van der Waals surface area contributed by atoms with Crippen LogP contribution in [0.3, 0.4) is 0 Å². The van der Waals surface area contributed by atoms with Crippen LogP contribution in [0.4, 0.5) is 0 Å². The van der Waals surface area contributed by atoms with Crippen molar-refractivity contribution in [3.05, 3.63) is 35.9 Å². The highest BCUT2D eigenvalue weighted by Crippen LogP contribution is 2.44. The van der Waals surface area contributed by atoms with E-state index in [0.717, 1.165) is 18.4 Å². The van der Waals surface area contributed by atoms with Gasteiger partial charge in [0, 0.05) is 10.9 Å². The summed E-state index contributed by atoms with van der Waals surface area (Å²) in [6.45, 7) is 0. The molecule has 1 fully saturated rings. The van der Waals surface area contributed by atoms with Gasteiger partial charge >= 0.3 is 0 Å². The molecule has 0 unspecified atom stereocenters. The summed E-state index contributed by atoms with van der Waals surface area (Å²) in [6.07, 6.45) is 4.52. The SMILES string of the molecule is BC1(C(=O)c2ccccc2)CCCC1. The van der Waals surface area contributed by atoms with Crippen LogP contribution in [0.1, 0.15) is 36.0 Å². The van der Waals surface area contributed by atoms with Crippen LogP contribution in [0, 0.1) is 0 Å². The maximum absolute atomic E-state index is 12.2. The lowest BCUT2D eigenvalue weighted by atomic mass is 9.63. The van der Waals surface area contributed by atoms with E-state index in [1.807, 2.05) is 30.3 Å². The van der Waals surface area contributed by atoms with Gasteiger partial charge in [0.2, 0.25) is 0 Å². The molecule has 72 valence electrons. The van der Waals surface area contributed by atoms with E-state index in [2.05, 4.69) is 7.85 Å². The second kappa shape index (κ2) is 3.60. The van der Waals surface area contributed by atoms with E-state index in [9.17, 15) is 4.79 Å². The fourth-order valence-electron chi connectivity index (χ4n) is 2.32. The molecule has 1 nitrogen and oxygen atoms in total. The zero-order valence-electron chi connectivity index (χ0n) is 8.62. The third-order valence-electron chi connectivity index (χ3n) is 3.29. The van der Waals surface area contributed by atoms with Gasteiger partial charge in [-0.1, -0.05) is 43.2 Å². The highest BCUT2D eigenvalue weighted by Gasteiger charge is 2.36. The summed E-state index contributed by atoms with van der Waals surface area (Å²) in [5.74, 6) is 0.329. The van der Waals surface area contributed by atoms with Gasteiger partial charge in [-0.3, -0.25) is 4.79 Å². The number of rotatable bonds is 2. The molecule has 2 heteroatoms. The summed E-state index contributed by atoms with van der Waals surface area (Å²) in [4.78, 5) is 12.2. The minimum Gasteiger partial charge on any atom is -0.294 e. The van der Waals surface area contributed by atoms with Crippen molar-refractivity contribution >= 4 is 13.6 Å². The van der Waals surface area contributed by atoms with Gasteiger partial charge in [0.05, 0.1) is 0 Å². The average Bonchev–Trinajstić information content (AvgIpc) is 2.67. The average molecular weight is 186 g/mol. The Balaban J connectivity index is 2.24. The van der Waals surface area contributed by atoms with Crippen LogP contribution in [0.25, 0.3) is 0 Å². The molecule has 0 spiro atoms. The Morgan fingerprint density at radius 1 is 1.14 bits per heavy atom. The van der Waals surface area contributed by atoms with Gasteiger partial charge in [0.25, 0.3) is 0 Å². The van der Waals surface area contributed by atoms with E-state index in [-0.39, 0.29) is 5.31 Å². The summed E-state index contributed by atoms with van der Waals surface area (Å²) in [5, 5.41) is -0.0820. The molecule has 0 aromatic heterocycles. The van der Waals surface area contributed by atoms with Crippen LogP contribution in [-0.4, -0.2) is 13.6 Å². The molecule has 1 aromatic rings. The maximum atomic E-state index is 12.2. The normalized spacial score (nSPS) is 19.4. The molecule has 0 saturated heterocycles. The highest BCUT2D eigenvalue weighted by molar-refractivity contribution is 6.32. The first kappa shape index (κ1) is 9.51. The predicted octanol–water partition coefficient (Wildman–Crippen LogP) is 2.24. The van der Waals surface area contributed by atoms with Crippen LogP contribution < -0.4 is 0 Å². The molecule has 0 bridgehead atoms. The topological polar surface area (TPSA) is 17.1 Å². The molecule has 14 heavy (non-hydrogen) atoms. The van der Waals surface area contributed by atoms with Crippen molar-refractivity contribution in [2.75, 3.05) is 0 Å². The Morgan fingerprint density at radius 3 is 2.29 bits per heavy atom. The Labute approximate surface area is 85.9 Å². The second-order valence-corrected chi connectivity index (χ2v) is 4.46. The van der Waals surface area contributed by atoms with Crippen LogP contribution in [0.15, 0.2) is 30.3 Å². The Hall–Kier alpha value is -1.05. The van der Waals surface area contributed by atoms with Crippen molar-refractivity contribution in [1.29, 1.82) is 0 Å². The molecule has 1 aliphatic rings. The molecule has 1 saturated carbocycles. The number of Topliss-reactive ketones (excluding diaryl/α,β-unsaturated/α-hetero) is 1. The second-order valence-electron chi connectivity index (χ2n) is 4.46. The Morgan fingerprint density at radius 2 is 1.71 bits per heavy atom. The first-order valence-electron chi connectivity index (χ1n) is 5.32. The number of carbonyl (C=O) groups excluding carboxylic acids is 1. The van der Waals surface area contributed by atoms with Gasteiger partial charge in [0.1, 0.15) is 7.85 Å². The molecule has 0 amide bonds. The van der Waals surface area contributed by atoms with E-state index in [1.54, 1.807) is 0 Å². The quantitative estimate of drug-likeness (QED) is 0.511. The van der Waals surface area contributed by atoms with Crippen molar-refractivity contribution in [2.45, 2.75) is 31.0 Å². The zero-order valence-corrected chi connectivity index (χ0v) is 8.62. The number of hydrogen-bond donors (Lipinski definition) is 0. The van der Waals surface area contributed by atoms with Gasteiger partial charge in [-0.15, -0.1) is 0 Å². The van der Waals surface area contributed by atoms with Gasteiger partial charge in [0.15, 0.2) is 5.78 Å². The van der Waals surface area contributed by atoms with E-state index in [4.69, 9.17) is 0 Å². The largest absolute Gasteiger partial charge is 0.294 e. The van der Waals surface area contributed by atoms with Crippen molar-refractivity contribution in [3.63, 3.8) is 0 Å². The lowest BCUT2D eigenvalue weighted by Gasteiger charge is -2.21. The third-order valence-corrected chi connectivity index (χ3v) is 3.29. The van der Waals surface area contributed by atoms with E-state index < -0.39 is 0 Å². The van der Waals surface area contributed by atoms with Crippen LogP contribution in [0.2, 0.25) is 5.31 Å². The minimum absolute atomic E-state index is 0.0820. The molecule has 1 aliphatic carbocycles. The smallest absolute Gasteiger partial charge is 0.161 e. The number of hydrogen-bond acceptors (Lipinski definition) is 1. The summed E-state index contributed by atoms with van der Waals surface area (Å²) in [7, 11) is 2.11. The molecule has 0 N–H and O–H groups in total. The van der Waals surface area contributed by atoms with Gasteiger partial charge in [-0.05, 0) is 12.8 Å². The molecule has 0 atom stereocenters.